The number of nitrogens with zero attached hydrogens (tertiary/aromatic N) is 3. The Balaban J connectivity index is 2.18. The Hall–Kier alpha value is -2.04. The maximum Gasteiger partial charge on any atom is 0.295 e. The van der Waals surface area contributed by atoms with Gasteiger partial charge in [-0.15, -0.1) is 10.2 Å². The van der Waals surface area contributed by atoms with Crippen molar-refractivity contribution in [3.63, 3.8) is 0 Å². The standard InChI is InChI=1S/C10H9N3O2/c14-8-15-10(7-11-13-12-10)6-9-4-2-1-3-5-9/h1-5,7-8H,6H2. The molecule has 76 valence electrons. The lowest BCUT2D eigenvalue weighted by Gasteiger charge is -2.18. The third-order valence-electron chi connectivity index (χ3n) is 2.08. The molecular weight excluding hydrogens is 194 g/mol. The van der Waals surface area contributed by atoms with Gasteiger partial charge in [0.05, 0.1) is 6.21 Å². The molecule has 1 unspecified atom stereocenters. The fourth-order valence-corrected chi connectivity index (χ4v) is 1.39. The third-order valence-corrected chi connectivity index (χ3v) is 2.08. The highest BCUT2D eigenvalue weighted by Crippen LogP contribution is 2.21. The second-order valence-corrected chi connectivity index (χ2v) is 3.16. The number of ether oxygens (including phenoxy) is 1. The Morgan fingerprint density at radius 2 is 2.13 bits per heavy atom. The van der Waals surface area contributed by atoms with Gasteiger partial charge in [0.15, 0.2) is 0 Å². The maximum absolute atomic E-state index is 10.4. The van der Waals surface area contributed by atoms with Crippen LogP contribution in [0.25, 0.3) is 0 Å². The molecule has 0 aliphatic carbocycles. The van der Waals surface area contributed by atoms with Gasteiger partial charge in [-0.2, -0.15) is 0 Å². The molecule has 0 amide bonds. The summed E-state index contributed by atoms with van der Waals surface area (Å²) in [5, 5.41) is 10.9. The first-order valence-electron chi connectivity index (χ1n) is 4.46. The van der Waals surface area contributed by atoms with Crippen LogP contribution in [0.3, 0.4) is 0 Å². The summed E-state index contributed by atoms with van der Waals surface area (Å²) in [5.74, 6) is 0. The monoisotopic (exact) mass is 203 g/mol. The van der Waals surface area contributed by atoms with Gasteiger partial charge in [-0.1, -0.05) is 30.3 Å². The van der Waals surface area contributed by atoms with Gasteiger partial charge in [-0.3, -0.25) is 4.79 Å². The summed E-state index contributed by atoms with van der Waals surface area (Å²) in [4.78, 5) is 10.4. The molecule has 1 atom stereocenters. The Morgan fingerprint density at radius 3 is 2.73 bits per heavy atom. The first kappa shape index (κ1) is 9.51. The van der Waals surface area contributed by atoms with E-state index in [4.69, 9.17) is 4.74 Å². The number of benzene rings is 1. The molecule has 0 saturated heterocycles. The molecule has 0 saturated carbocycles. The van der Waals surface area contributed by atoms with E-state index in [1.165, 1.54) is 6.21 Å². The number of hydrogen-bond acceptors (Lipinski definition) is 5. The molecule has 0 aromatic heterocycles. The minimum absolute atomic E-state index is 0.360. The lowest BCUT2D eigenvalue weighted by atomic mass is 10.0. The molecule has 0 N–H and O–H groups in total. The van der Waals surface area contributed by atoms with Gasteiger partial charge in [0.1, 0.15) is 0 Å². The van der Waals surface area contributed by atoms with Crippen LogP contribution in [0.15, 0.2) is 45.8 Å². The third kappa shape index (κ3) is 2.07. The zero-order valence-corrected chi connectivity index (χ0v) is 7.91. The van der Waals surface area contributed by atoms with Gasteiger partial charge < -0.3 is 4.74 Å². The van der Waals surface area contributed by atoms with Gasteiger partial charge in [0.25, 0.3) is 12.2 Å². The second kappa shape index (κ2) is 4.00. The highest BCUT2D eigenvalue weighted by Gasteiger charge is 2.33. The number of carbonyl (C=O) groups is 1. The number of rotatable bonds is 4. The van der Waals surface area contributed by atoms with E-state index in [1.54, 1.807) is 0 Å². The first-order chi connectivity index (χ1) is 7.35. The van der Waals surface area contributed by atoms with Crippen molar-refractivity contribution < 1.29 is 9.53 Å². The van der Waals surface area contributed by atoms with Crippen LogP contribution in [0.2, 0.25) is 0 Å². The summed E-state index contributed by atoms with van der Waals surface area (Å²) < 4.78 is 4.90. The van der Waals surface area contributed by atoms with Crippen molar-refractivity contribution in [1.29, 1.82) is 0 Å². The summed E-state index contributed by atoms with van der Waals surface area (Å²) in [6, 6.07) is 9.59. The lowest BCUT2D eigenvalue weighted by Crippen LogP contribution is -2.32. The van der Waals surface area contributed by atoms with Crippen LogP contribution in [-0.4, -0.2) is 18.4 Å². The molecule has 1 aliphatic heterocycles. The molecule has 5 nitrogen and oxygen atoms in total. The van der Waals surface area contributed by atoms with Crippen LogP contribution in [0.5, 0.6) is 0 Å². The Labute approximate surface area is 86.5 Å². The van der Waals surface area contributed by atoms with Crippen LogP contribution >= 0.6 is 0 Å². The van der Waals surface area contributed by atoms with Gasteiger partial charge in [-0.25, -0.2) is 0 Å². The SMILES string of the molecule is O=COC1(Cc2ccccc2)C=NN=N1. The van der Waals surface area contributed by atoms with E-state index in [0.29, 0.717) is 12.9 Å². The van der Waals surface area contributed by atoms with Gasteiger partial charge in [0.2, 0.25) is 0 Å². The van der Waals surface area contributed by atoms with Gasteiger partial charge >= 0.3 is 0 Å². The molecule has 0 spiro atoms. The largest absolute Gasteiger partial charge is 0.432 e. The summed E-state index contributed by atoms with van der Waals surface area (Å²) >= 11 is 0. The van der Waals surface area contributed by atoms with Crippen molar-refractivity contribution in [3.8, 4) is 0 Å². The first-order valence-corrected chi connectivity index (χ1v) is 4.46. The zero-order chi connectivity index (χ0) is 10.6. The minimum atomic E-state index is -1.05. The molecule has 0 bridgehead atoms. The Morgan fingerprint density at radius 1 is 1.33 bits per heavy atom. The van der Waals surface area contributed by atoms with Crippen LogP contribution < -0.4 is 0 Å². The molecule has 1 aromatic carbocycles. The minimum Gasteiger partial charge on any atom is -0.432 e. The molecule has 0 radical (unpaired) electrons. The Kier molecular flexibility index (Phi) is 2.53. The molecule has 15 heavy (non-hydrogen) atoms. The molecule has 0 fully saturated rings. The van der Waals surface area contributed by atoms with Crippen LogP contribution in [0, 0.1) is 0 Å². The average molecular weight is 203 g/mol. The van der Waals surface area contributed by atoms with E-state index in [-0.39, 0.29) is 0 Å². The highest BCUT2D eigenvalue weighted by atomic mass is 16.6. The summed E-state index contributed by atoms with van der Waals surface area (Å²) in [6.45, 7) is 0.360. The van der Waals surface area contributed by atoms with Gasteiger partial charge in [0, 0.05) is 6.42 Å². The molecule has 1 aliphatic rings. The highest BCUT2D eigenvalue weighted by molar-refractivity contribution is 5.71. The topological polar surface area (TPSA) is 63.4 Å². The Bertz CT molecular complexity index is 388. The van der Waals surface area contributed by atoms with Crippen LogP contribution in [-0.2, 0) is 16.0 Å². The van der Waals surface area contributed by atoms with Gasteiger partial charge in [-0.05, 0) is 10.8 Å². The summed E-state index contributed by atoms with van der Waals surface area (Å²) in [5.41, 5.74) is -0.0463. The average Bonchev–Trinajstić information content (AvgIpc) is 2.69. The summed E-state index contributed by atoms with van der Waals surface area (Å²) in [6.07, 6.45) is 1.87. The van der Waals surface area contributed by atoms with E-state index in [1.807, 2.05) is 30.3 Å². The van der Waals surface area contributed by atoms with E-state index in [2.05, 4.69) is 15.4 Å². The van der Waals surface area contributed by atoms with Crippen molar-refractivity contribution >= 4 is 12.7 Å². The second-order valence-electron chi connectivity index (χ2n) is 3.16. The van der Waals surface area contributed by atoms with Crippen LogP contribution in [0.4, 0.5) is 0 Å². The van der Waals surface area contributed by atoms with Crippen molar-refractivity contribution in [2.24, 2.45) is 15.4 Å². The predicted molar refractivity (Wildman–Crippen MR) is 53.4 cm³/mol. The van der Waals surface area contributed by atoms with Crippen molar-refractivity contribution in [2.45, 2.75) is 12.1 Å². The molecule has 5 heteroatoms. The predicted octanol–water partition coefficient (Wildman–Crippen LogP) is 1.55. The summed E-state index contributed by atoms with van der Waals surface area (Å²) in [7, 11) is 0. The van der Waals surface area contributed by atoms with Crippen molar-refractivity contribution in [3.05, 3.63) is 35.9 Å². The molecule has 1 heterocycles. The quantitative estimate of drug-likeness (QED) is 0.697. The van der Waals surface area contributed by atoms with E-state index >= 15 is 0 Å². The van der Waals surface area contributed by atoms with Crippen LogP contribution in [0.1, 0.15) is 5.56 Å². The van der Waals surface area contributed by atoms with Crippen molar-refractivity contribution in [2.75, 3.05) is 0 Å². The van der Waals surface area contributed by atoms with E-state index < -0.39 is 5.72 Å². The van der Waals surface area contributed by atoms with E-state index in [9.17, 15) is 4.79 Å². The molecular formula is C10H9N3O2. The van der Waals surface area contributed by atoms with E-state index in [0.717, 1.165) is 5.56 Å². The maximum atomic E-state index is 10.4. The van der Waals surface area contributed by atoms with Crippen molar-refractivity contribution in [1.82, 2.24) is 0 Å². The molecule has 1 aromatic rings. The zero-order valence-electron chi connectivity index (χ0n) is 7.91. The fraction of sp³-hybridized carbons (Fsp3) is 0.200. The lowest BCUT2D eigenvalue weighted by molar-refractivity contribution is -0.136. The normalized spacial score (nSPS) is 22.9. The fourth-order valence-electron chi connectivity index (χ4n) is 1.39. The number of hydrogen-bond donors (Lipinski definition) is 0. The number of carbonyl (C=O) groups excluding carboxylic acids is 1. The molecule has 2 rings (SSSR count). The smallest absolute Gasteiger partial charge is 0.295 e.